The van der Waals surface area contributed by atoms with Crippen molar-refractivity contribution in [2.75, 3.05) is 24.5 Å². The molecule has 0 N–H and O–H groups in total. The molecule has 0 saturated carbocycles. The molecule has 1 fully saturated rings. The second-order valence-electron chi connectivity index (χ2n) is 6.64. The number of anilines is 1. The van der Waals surface area contributed by atoms with Gasteiger partial charge in [0.25, 0.3) is 0 Å². The maximum Gasteiger partial charge on any atom is 0.246 e. The number of carbonyl (C=O) groups is 1. The summed E-state index contributed by atoms with van der Waals surface area (Å²) in [5, 5.41) is 3.87. The topological polar surface area (TPSA) is 62.5 Å². The number of para-hydroxylation sites is 1. The number of likely N-dealkylation sites (tertiary alicyclic amines) is 1. The number of nitrogens with zero attached hydrogens (tertiary/aromatic N) is 4. The summed E-state index contributed by atoms with van der Waals surface area (Å²) in [6, 6.07) is 8.51. The van der Waals surface area contributed by atoms with Gasteiger partial charge >= 0.3 is 0 Å². The number of carbonyl (C=O) groups excluding carboxylic acids is 1. The normalized spacial score (nSPS) is 20.0. The number of amides is 1. The lowest BCUT2D eigenvalue weighted by Gasteiger charge is -2.20. The standard InChI is InChI=1S/C18H22N4O2/c1-13-19-17(24-20-13)12-22-11-14(15-5-2-3-6-16(15)22)8-10-21-9-4-7-18(21)23/h2-3,5-6,14H,4,7-12H2,1H3/t14-/m0/s1. The summed E-state index contributed by atoms with van der Waals surface area (Å²) in [5.41, 5.74) is 2.60. The predicted molar refractivity (Wildman–Crippen MR) is 89.7 cm³/mol. The lowest BCUT2D eigenvalue weighted by molar-refractivity contribution is -0.127. The van der Waals surface area contributed by atoms with Crippen LogP contribution in [0.25, 0.3) is 0 Å². The zero-order chi connectivity index (χ0) is 16.5. The Morgan fingerprint density at radius 3 is 2.92 bits per heavy atom. The van der Waals surface area contributed by atoms with Crippen molar-refractivity contribution in [2.45, 2.75) is 38.6 Å². The molecule has 3 heterocycles. The Hall–Kier alpha value is -2.37. The van der Waals surface area contributed by atoms with Crippen molar-refractivity contribution in [2.24, 2.45) is 0 Å². The third kappa shape index (κ3) is 2.88. The molecule has 6 nitrogen and oxygen atoms in total. The second kappa shape index (κ2) is 6.26. The van der Waals surface area contributed by atoms with E-state index in [0.29, 0.717) is 36.5 Å². The van der Waals surface area contributed by atoms with Crippen LogP contribution < -0.4 is 4.90 Å². The minimum Gasteiger partial charge on any atom is -0.361 e. The first-order chi connectivity index (χ1) is 11.7. The first-order valence-electron chi connectivity index (χ1n) is 8.61. The van der Waals surface area contributed by atoms with Gasteiger partial charge in [0.2, 0.25) is 11.8 Å². The Labute approximate surface area is 141 Å². The number of hydrogen-bond donors (Lipinski definition) is 0. The van der Waals surface area contributed by atoms with Gasteiger partial charge < -0.3 is 14.3 Å². The Morgan fingerprint density at radius 2 is 2.17 bits per heavy atom. The Kier molecular flexibility index (Phi) is 3.96. The van der Waals surface area contributed by atoms with Gasteiger partial charge in [-0.15, -0.1) is 0 Å². The van der Waals surface area contributed by atoms with Crippen molar-refractivity contribution in [3.8, 4) is 0 Å². The smallest absolute Gasteiger partial charge is 0.246 e. The van der Waals surface area contributed by atoms with Gasteiger partial charge in [0.05, 0.1) is 6.54 Å². The van der Waals surface area contributed by atoms with Crippen LogP contribution in [-0.4, -0.2) is 40.6 Å². The number of aryl methyl sites for hydroxylation is 1. The van der Waals surface area contributed by atoms with E-state index >= 15 is 0 Å². The number of aromatic nitrogens is 2. The van der Waals surface area contributed by atoms with E-state index in [1.54, 1.807) is 0 Å². The number of hydrogen-bond acceptors (Lipinski definition) is 5. The minimum absolute atomic E-state index is 0.305. The fourth-order valence-corrected chi connectivity index (χ4v) is 3.80. The number of benzene rings is 1. The Morgan fingerprint density at radius 1 is 1.29 bits per heavy atom. The average Bonchev–Trinajstić information content (AvgIpc) is 3.27. The van der Waals surface area contributed by atoms with Crippen molar-refractivity contribution in [3.05, 3.63) is 41.5 Å². The third-order valence-corrected chi connectivity index (χ3v) is 4.97. The van der Waals surface area contributed by atoms with Gasteiger partial charge in [-0.1, -0.05) is 23.4 Å². The van der Waals surface area contributed by atoms with Crippen LogP contribution in [0.3, 0.4) is 0 Å². The van der Waals surface area contributed by atoms with Crippen molar-refractivity contribution in [1.29, 1.82) is 0 Å². The average molecular weight is 326 g/mol. The molecule has 1 saturated heterocycles. The number of rotatable bonds is 5. The molecule has 0 bridgehead atoms. The molecule has 0 unspecified atom stereocenters. The van der Waals surface area contributed by atoms with Crippen molar-refractivity contribution >= 4 is 11.6 Å². The van der Waals surface area contributed by atoms with E-state index in [1.807, 2.05) is 11.8 Å². The molecular formula is C18H22N4O2. The molecule has 126 valence electrons. The van der Waals surface area contributed by atoms with Crippen LogP contribution in [0.4, 0.5) is 5.69 Å². The van der Waals surface area contributed by atoms with E-state index in [1.165, 1.54) is 11.3 Å². The van der Waals surface area contributed by atoms with Crippen LogP contribution >= 0.6 is 0 Å². The zero-order valence-electron chi connectivity index (χ0n) is 13.9. The van der Waals surface area contributed by atoms with Gasteiger partial charge in [-0.05, 0) is 31.4 Å². The summed E-state index contributed by atoms with van der Waals surface area (Å²) < 4.78 is 5.28. The van der Waals surface area contributed by atoms with E-state index in [2.05, 4.69) is 39.3 Å². The summed E-state index contributed by atoms with van der Waals surface area (Å²) in [4.78, 5) is 20.5. The molecule has 0 aliphatic carbocycles. The van der Waals surface area contributed by atoms with Gasteiger partial charge in [0, 0.05) is 37.7 Å². The van der Waals surface area contributed by atoms with Gasteiger partial charge in [0.1, 0.15) is 0 Å². The van der Waals surface area contributed by atoms with Gasteiger partial charge in [-0.3, -0.25) is 4.79 Å². The van der Waals surface area contributed by atoms with Crippen LogP contribution in [0.2, 0.25) is 0 Å². The molecule has 6 heteroatoms. The molecule has 2 aliphatic heterocycles. The summed E-state index contributed by atoms with van der Waals surface area (Å²) >= 11 is 0. The molecule has 0 radical (unpaired) electrons. The van der Waals surface area contributed by atoms with Crippen LogP contribution in [0.1, 0.15) is 42.5 Å². The minimum atomic E-state index is 0.305. The lowest BCUT2D eigenvalue weighted by Crippen LogP contribution is -2.28. The highest BCUT2D eigenvalue weighted by atomic mass is 16.5. The molecule has 1 atom stereocenters. The molecule has 1 aromatic heterocycles. The van der Waals surface area contributed by atoms with Crippen LogP contribution in [0.15, 0.2) is 28.8 Å². The molecule has 1 amide bonds. The number of fused-ring (bicyclic) bond motifs is 1. The Balaban J connectivity index is 1.47. The maximum absolute atomic E-state index is 11.8. The van der Waals surface area contributed by atoms with E-state index in [9.17, 15) is 4.79 Å². The van der Waals surface area contributed by atoms with Gasteiger partial charge in [-0.2, -0.15) is 4.98 Å². The van der Waals surface area contributed by atoms with Crippen molar-refractivity contribution < 1.29 is 9.32 Å². The SMILES string of the molecule is Cc1noc(CN2C[C@H](CCN3CCCC3=O)c3ccccc32)n1. The monoisotopic (exact) mass is 326 g/mol. The molecule has 2 aliphatic rings. The maximum atomic E-state index is 11.8. The molecule has 1 aromatic carbocycles. The third-order valence-electron chi connectivity index (χ3n) is 4.97. The van der Waals surface area contributed by atoms with E-state index < -0.39 is 0 Å². The van der Waals surface area contributed by atoms with Crippen molar-refractivity contribution in [1.82, 2.24) is 15.0 Å². The molecule has 4 rings (SSSR count). The van der Waals surface area contributed by atoms with Crippen LogP contribution in [-0.2, 0) is 11.3 Å². The predicted octanol–water partition coefficient (Wildman–Crippen LogP) is 2.49. The zero-order valence-corrected chi connectivity index (χ0v) is 13.9. The van der Waals surface area contributed by atoms with Gasteiger partial charge in [0.15, 0.2) is 5.82 Å². The van der Waals surface area contributed by atoms with E-state index in [0.717, 1.165) is 32.5 Å². The highest BCUT2D eigenvalue weighted by molar-refractivity contribution is 5.78. The van der Waals surface area contributed by atoms with Crippen molar-refractivity contribution in [3.63, 3.8) is 0 Å². The van der Waals surface area contributed by atoms with E-state index in [4.69, 9.17) is 4.52 Å². The summed E-state index contributed by atoms with van der Waals surface area (Å²) in [7, 11) is 0. The highest BCUT2D eigenvalue weighted by Crippen LogP contribution is 2.38. The summed E-state index contributed by atoms with van der Waals surface area (Å²) in [6.45, 7) is 5.17. The fraction of sp³-hybridized carbons (Fsp3) is 0.500. The summed E-state index contributed by atoms with van der Waals surface area (Å²) in [5.74, 6) is 2.07. The molecule has 2 aromatic rings. The molecule has 0 spiro atoms. The largest absolute Gasteiger partial charge is 0.361 e. The van der Waals surface area contributed by atoms with E-state index in [-0.39, 0.29) is 0 Å². The highest BCUT2D eigenvalue weighted by Gasteiger charge is 2.30. The molecular weight excluding hydrogens is 304 g/mol. The first kappa shape index (κ1) is 15.2. The Bertz CT molecular complexity index is 742. The van der Waals surface area contributed by atoms with Gasteiger partial charge in [-0.25, -0.2) is 0 Å². The molecule has 24 heavy (non-hydrogen) atoms. The first-order valence-corrected chi connectivity index (χ1v) is 8.61. The lowest BCUT2D eigenvalue weighted by atomic mass is 9.98. The quantitative estimate of drug-likeness (QED) is 0.845. The summed E-state index contributed by atoms with van der Waals surface area (Å²) in [6.07, 6.45) is 2.72. The fourth-order valence-electron chi connectivity index (χ4n) is 3.80. The van der Waals surface area contributed by atoms with Crippen LogP contribution in [0, 0.1) is 6.92 Å². The second-order valence-corrected chi connectivity index (χ2v) is 6.64. The van der Waals surface area contributed by atoms with Crippen LogP contribution in [0.5, 0.6) is 0 Å².